The Labute approximate surface area is 199 Å². The van der Waals surface area contributed by atoms with E-state index >= 15 is 0 Å². The summed E-state index contributed by atoms with van der Waals surface area (Å²) in [5.74, 6) is 0.503. The van der Waals surface area contributed by atoms with E-state index in [2.05, 4.69) is 45.2 Å². The zero-order chi connectivity index (χ0) is 17.9. The van der Waals surface area contributed by atoms with E-state index in [4.69, 9.17) is 10.5 Å². The predicted molar refractivity (Wildman–Crippen MR) is 119 cm³/mol. The van der Waals surface area contributed by atoms with E-state index < -0.39 is 0 Å². The van der Waals surface area contributed by atoms with E-state index in [9.17, 15) is 0 Å². The average Bonchev–Trinajstić information content (AvgIpc) is 2.61. The number of hydrogen-bond acceptors (Lipinski definition) is 3. The van der Waals surface area contributed by atoms with Gasteiger partial charge >= 0.3 is 0 Å². The second kappa shape index (κ2) is 18.8. The second-order valence-corrected chi connectivity index (χ2v) is 6.24. The molecule has 0 spiro atoms. The second-order valence-electron chi connectivity index (χ2n) is 6.24. The Balaban J connectivity index is -0.000000182. The van der Waals surface area contributed by atoms with Gasteiger partial charge in [0, 0.05) is 45.3 Å². The smallest absolute Gasteiger partial charge is 0.0991 e. The van der Waals surface area contributed by atoms with Crippen LogP contribution in [0.15, 0.2) is 48.5 Å². The van der Waals surface area contributed by atoms with Crippen LogP contribution in [0.2, 0.25) is 0 Å². The van der Waals surface area contributed by atoms with Gasteiger partial charge in [-0.05, 0) is 41.3 Å². The van der Waals surface area contributed by atoms with Crippen LogP contribution in [-0.4, -0.2) is 6.04 Å². The van der Waals surface area contributed by atoms with Gasteiger partial charge in [0.15, 0.2) is 0 Å². The topological polar surface area (TPSA) is 59.6 Å². The van der Waals surface area contributed by atoms with Crippen LogP contribution in [-0.2, 0) is 39.3 Å². The number of nitrogens with zero attached hydrogens (tertiary/aromatic N) is 2. The normalized spacial score (nSPS) is 8.43. The maximum atomic E-state index is 8.59. The van der Waals surface area contributed by atoms with E-state index in [0.29, 0.717) is 17.5 Å². The minimum Gasteiger partial charge on any atom is -0.310 e. The van der Waals surface area contributed by atoms with Crippen molar-refractivity contribution in [2.24, 2.45) is 0 Å². The van der Waals surface area contributed by atoms with Crippen molar-refractivity contribution in [1.82, 2.24) is 5.32 Å². The zero-order valence-corrected chi connectivity index (χ0v) is 18.3. The molecular formula is C24H37N3Y. The SMILES string of the molecule is C.C.C.CC(C)NCc1ccc(C#N)cc1.CC(C)c1cccc(C#N)c1.[Y]. The minimum absolute atomic E-state index is 0. The molecule has 1 radical (unpaired) electrons. The Kier molecular flexibility index (Phi) is 22.9. The van der Waals surface area contributed by atoms with E-state index in [0.717, 1.165) is 12.1 Å². The van der Waals surface area contributed by atoms with Crippen LogP contribution in [0.4, 0.5) is 0 Å². The molecule has 151 valence electrons. The van der Waals surface area contributed by atoms with Gasteiger partial charge < -0.3 is 5.32 Å². The molecule has 0 aliphatic carbocycles. The van der Waals surface area contributed by atoms with Gasteiger partial charge in [0.1, 0.15) is 0 Å². The molecule has 0 heterocycles. The number of hydrogen-bond donors (Lipinski definition) is 1. The van der Waals surface area contributed by atoms with Crippen molar-refractivity contribution in [2.75, 3.05) is 0 Å². The van der Waals surface area contributed by atoms with Crippen molar-refractivity contribution in [3.8, 4) is 12.1 Å². The van der Waals surface area contributed by atoms with Crippen molar-refractivity contribution in [1.29, 1.82) is 10.5 Å². The molecule has 0 saturated carbocycles. The molecule has 2 rings (SSSR count). The summed E-state index contributed by atoms with van der Waals surface area (Å²) in [6.07, 6.45) is 0. The summed E-state index contributed by atoms with van der Waals surface area (Å²) in [5, 5.41) is 20.5. The number of nitrogens with one attached hydrogen (secondary N) is 1. The molecule has 0 amide bonds. The van der Waals surface area contributed by atoms with Crippen LogP contribution in [0.25, 0.3) is 0 Å². The van der Waals surface area contributed by atoms with Gasteiger partial charge in [-0.2, -0.15) is 10.5 Å². The molecule has 28 heavy (non-hydrogen) atoms. The molecule has 2 aromatic carbocycles. The molecule has 1 N–H and O–H groups in total. The van der Waals surface area contributed by atoms with Crippen LogP contribution in [0, 0.1) is 22.7 Å². The summed E-state index contributed by atoms with van der Waals surface area (Å²) >= 11 is 0. The van der Waals surface area contributed by atoms with E-state index in [1.807, 2.05) is 48.5 Å². The first kappa shape index (κ1) is 34.0. The van der Waals surface area contributed by atoms with E-state index in [1.165, 1.54) is 11.1 Å². The van der Waals surface area contributed by atoms with E-state index in [1.54, 1.807) is 0 Å². The van der Waals surface area contributed by atoms with Gasteiger partial charge in [0.2, 0.25) is 0 Å². The van der Waals surface area contributed by atoms with Crippen LogP contribution >= 0.6 is 0 Å². The van der Waals surface area contributed by atoms with Crippen molar-refractivity contribution < 1.29 is 32.7 Å². The fraction of sp³-hybridized carbons (Fsp3) is 0.417. The van der Waals surface area contributed by atoms with Gasteiger partial charge in [0.25, 0.3) is 0 Å². The predicted octanol–water partition coefficient (Wildman–Crippen LogP) is 6.64. The summed E-state index contributed by atoms with van der Waals surface area (Å²) in [7, 11) is 0. The molecule has 0 atom stereocenters. The molecular weight excluding hydrogens is 419 g/mol. The molecule has 0 aliphatic rings. The third-order valence-electron chi connectivity index (χ3n) is 3.48. The van der Waals surface area contributed by atoms with Gasteiger partial charge in [-0.15, -0.1) is 0 Å². The maximum absolute atomic E-state index is 8.59. The number of benzene rings is 2. The summed E-state index contributed by atoms with van der Waals surface area (Å²) in [5.41, 5.74) is 3.90. The Hall–Kier alpha value is -1.52. The first-order chi connectivity index (χ1) is 11.5. The fourth-order valence-electron chi connectivity index (χ4n) is 1.99. The maximum Gasteiger partial charge on any atom is 0.0991 e. The summed E-state index contributed by atoms with van der Waals surface area (Å²) in [6.45, 7) is 9.34. The monoisotopic (exact) mass is 456 g/mol. The minimum atomic E-state index is 0. The van der Waals surface area contributed by atoms with Gasteiger partial charge in [0.05, 0.1) is 23.3 Å². The van der Waals surface area contributed by atoms with Crippen molar-refractivity contribution in [3.05, 3.63) is 70.8 Å². The summed E-state index contributed by atoms with van der Waals surface area (Å²) < 4.78 is 0. The van der Waals surface area contributed by atoms with Crippen molar-refractivity contribution in [2.45, 2.75) is 68.5 Å². The quantitative estimate of drug-likeness (QED) is 0.561. The third kappa shape index (κ3) is 13.6. The summed E-state index contributed by atoms with van der Waals surface area (Å²) in [6, 6.07) is 20.1. The fourth-order valence-corrected chi connectivity index (χ4v) is 1.99. The van der Waals surface area contributed by atoms with Crippen molar-refractivity contribution >= 4 is 0 Å². The Morgan fingerprint density at radius 2 is 1.36 bits per heavy atom. The molecule has 2 aromatic rings. The molecule has 3 nitrogen and oxygen atoms in total. The van der Waals surface area contributed by atoms with Crippen LogP contribution in [0.1, 0.15) is 78.1 Å². The molecule has 0 aromatic heterocycles. The third-order valence-corrected chi connectivity index (χ3v) is 3.48. The van der Waals surface area contributed by atoms with Crippen molar-refractivity contribution in [3.63, 3.8) is 0 Å². The van der Waals surface area contributed by atoms with Gasteiger partial charge in [-0.1, -0.05) is 74.2 Å². The number of rotatable bonds is 4. The zero-order valence-electron chi connectivity index (χ0n) is 15.5. The van der Waals surface area contributed by atoms with E-state index in [-0.39, 0.29) is 55.0 Å². The largest absolute Gasteiger partial charge is 0.310 e. The summed E-state index contributed by atoms with van der Waals surface area (Å²) in [4.78, 5) is 0. The van der Waals surface area contributed by atoms with Crippen LogP contribution in [0.3, 0.4) is 0 Å². The number of nitriles is 2. The molecule has 4 heteroatoms. The van der Waals surface area contributed by atoms with Crippen LogP contribution in [0.5, 0.6) is 0 Å². The Morgan fingerprint density at radius 3 is 1.79 bits per heavy atom. The molecule has 0 bridgehead atoms. The Morgan fingerprint density at radius 1 is 0.821 bits per heavy atom. The molecule has 0 fully saturated rings. The average molecular weight is 456 g/mol. The Bertz CT molecular complexity index is 708. The van der Waals surface area contributed by atoms with Gasteiger partial charge in [-0.25, -0.2) is 0 Å². The standard InChI is InChI=1S/C11H14N2.C10H11N.3CH4.Y/c1-9(2)13-8-11-5-3-10(7-12)4-6-11;1-8(2)10-5-3-4-9(6-10)7-11;;;;/h3-6,9,13H,8H2,1-2H3;3-6,8H,1-2H3;3*1H4;. The molecule has 0 unspecified atom stereocenters. The van der Waals surface area contributed by atoms with Gasteiger partial charge in [-0.3, -0.25) is 0 Å². The molecule has 0 aliphatic heterocycles. The van der Waals surface area contributed by atoms with Crippen LogP contribution < -0.4 is 5.32 Å². The first-order valence-corrected chi connectivity index (χ1v) is 8.18. The molecule has 0 saturated heterocycles. The first-order valence-electron chi connectivity index (χ1n) is 8.18.